The van der Waals surface area contributed by atoms with E-state index in [0.717, 1.165) is 24.3 Å². The van der Waals surface area contributed by atoms with Crippen LogP contribution in [0.5, 0.6) is 11.5 Å². The third-order valence-electron chi connectivity index (χ3n) is 9.56. The second-order valence-corrected chi connectivity index (χ2v) is 36.8. The first kappa shape index (κ1) is 84.6. The lowest BCUT2D eigenvalue weighted by Gasteiger charge is -2.19. The summed E-state index contributed by atoms with van der Waals surface area (Å²) in [6, 6.07) is 71.8. The Bertz CT molecular complexity index is 2940. The molecule has 1 aliphatic carbocycles. The Hall–Kier alpha value is -6.44. The van der Waals surface area contributed by atoms with Gasteiger partial charge < -0.3 is 4.74 Å². The smallest absolute Gasteiger partial charge is 0.130 e. The zero-order valence-corrected chi connectivity index (χ0v) is 64.5. The number of hydrogen-bond acceptors (Lipinski definition) is 1. The first-order chi connectivity index (χ1) is 41.3. The fraction of sp³-hybridized carbons (Fsp3) is 0.467. The molecule has 0 atom stereocenters. The number of para-hydroxylation sites is 2. The van der Waals surface area contributed by atoms with Crippen LogP contribution in [0.1, 0.15) is 244 Å². The Balaban J connectivity index is 0.00000100. The van der Waals surface area contributed by atoms with Crippen molar-refractivity contribution in [1.82, 2.24) is 0 Å². The highest BCUT2D eigenvalue weighted by atomic mass is 16.5. The van der Waals surface area contributed by atoms with Gasteiger partial charge in [0, 0.05) is 6.42 Å². The molecule has 1 heterocycles. The van der Waals surface area contributed by atoms with Gasteiger partial charge in [0.1, 0.15) is 11.5 Å². The maximum absolute atomic E-state index is 5.78. The molecule has 0 N–H and O–H groups in total. The predicted molar refractivity (Wildman–Crippen MR) is 417 cm³/mol. The number of ether oxygens (including phenoxy) is 1. The van der Waals surface area contributed by atoms with Gasteiger partial charge in [0.25, 0.3) is 0 Å². The summed E-state index contributed by atoms with van der Waals surface area (Å²) >= 11 is 0. The fourth-order valence-electron chi connectivity index (χ4n) is 6.99. The minimum atomic E-state index is 0.500. The van der Waals surface area contributed by atoms with Gasteiger partial charge in [0.05, 0.1) is 0 Å². The van der Waals surface area contributed by atoms with Crippen LogP contribution in [0.3, 0.4) is 0 Å². The first-order valence-corrected chi connectivity index (χ1v) is 33.6. The third-order valence-corrected chi connectivity index (χ3v) is 9.56. The van der Waals surface area contributed by atoms with Crippen molar-refractivity contribution in [3.05, 3.63) is 229 Å². The van der Waals surface area contributed by atoms with E-state index >= 15 is 0 Å². The van der Waals surface area contributed by atoms with Gasteiger partial charge in [-0.05, 0) is 128 Å². The summed E-state index contributed by atoms with van der Waals surface area (Å²) in [4.78, 5) is 0. The summed E-state index contributed by atoms with van der Waals surface area (Å²) in [6.07, 6.45) is 2.08. The van der Waals surface area contributed by atoms with E-state index in [9.17, 15) is 0 Å². The van der Waals surface area contributed by atoms with E-state index < -0.39 is 0 Å². The van der Waals surface area contributed by atoms with E-state index in [1.165, 1.54) is 65.7 Å². The van der Waals surface area contributed by atoms with Crippen molar-refractivity contribution >= 4 is 32.3 Å². The molecule has 0 radical (unpaired) electrons. The molecule has 91 heavy (non-hydrogen) atoms. The molecule has 0 bridgehead atoms. The Labute approximate surface area is 562 Å². The van der Waals surface area contributed by atoms with E-state index in [0.29, 0.717) is 43.3 Å². The molecule has 1 heteroatoms. The summed E-state index contributed by atoms with van der Waals surface area (Å²) in [6.45, 7) is 70.0. The minimum Gasteiger partial charge on any atom is -0.457 e. The number of rotatable bonds is 0. The molecule has 9 aromatic rings. The second-order valence-electron chi connectivity index (χ2n) is 36.8. The molecule has 0 saturated heterocycles. The second kappa shape index (κ2) is 39.2. The molecule has 2 aliphatic rings. The van der Waals surface area contributed by atoms with Crippen molar-refractivity contribution in [3.8, 4) is 22.6 Å². The molecule has 0 amide bonds. The number of fused-ring (bicyclic) bond motifs is 9. The van der Waals surface area contributed by atoms with Crippen molar-refractivity contribution in [1.29, 1.82) is 0 Å². The maximum atomic E-state index is 5.78. The highest BCUT2D eigenvalue weighted by Crippen LogP contribution is 2.37. The Morgan fingerprint density at radius 2 is 0.363 bits per heavy atom. The molecule has 0 fully saturated rings. The van der Waals surface area contributed by atoms with Gasteiger partial charge in [0.2, 0.25) is 0 Å². The summed E-state index contributed by atoms with van der Waals surface area (Å²) in [5.74, 6) is 1.98. The van der Waals surface area contributed by atoms with Crippen molar-refractivity contribution in [2.45, 2.75) is 234 Å². The molecule has 11 rings (SSSR count). The summed E-state index contributed by atoms with van der Waals surface area (Å²) < 4.78 is 5.78. The number of hydrogen-bond donors (Lipinski definition) is 0. The fourth-order valence-corrected chi connectivity index (χ4v) is 6.99. The van der Waals surface area contributed by atoms with Crippen LogP contribution in [-0.2, 0) is 12.8 Å². The Morgan fingerprint density at radius 3 is 0.615 bits per heavy atom. The number of benzene rings is 9. The standard InChI is InChI=1S/C14H10.C13H10O.C13H10.C10H8.8C5H12/c1-3-7-13-11(5-1)9-10-12-6-2-4-8-14(12)13;1-3-7-12-10(5-1)9-11-6-2-4-8-13(11)14-12;1-3-7-12-10(5-1)9-11-6-2-4-8-13(11)12;1-2-6-10-8-4-3-7-9(10)5-1;8*1-5(2,3)4/h1-10H;1-8H,9H2;1-8H,9H2;1-8H;8*1-4H3. The highest BCUT2D eigenvalue weighted by Gasteiger charge is 2.17. The lowest BCUT2D eigenvalue weighted by atomic mass is 10.0. The predicted octanol–water partition coefficient (Wildman–Crippen LogP) is 29.9. The van der Waals surface area contributed by atoms with Crippen molar-refractivity contribution in [3.63, 3.8) is 0 Å². The summed E-state index contributed by atoms with van der Waals surface area (Å²) in [5.41, 5.74) is 12.3. The van der Waals surface area contributed by atoms with Crippen LogP contribution < -0.4 is 4.74 Å². The monoisotopic (exact) mass is 1230 g/mol. The first-order valence-electron chi connectivity index (χ1n) is 33.6. The zero-order valence-electron chi connectivity index (χ0n) is 64.5. The topological polar surface area (TPSA) is 9.23 Å². The van der Waals surface area contributed by atoms with Gasteiger partial charge in [-0.1, -0.05) is 416 Å². The third kappa shape index (κ3) is 52.8. The molecular formula is C90H134O. The van der Waals surface area contributed by atoms with Crippen LogP contribution in [0.4, 0.5) is 0 Å². The molecule has 0 unspecified atom stereocenters. The van der Waals surface area contributed by atoms with E-state index in [1.54, 1.807) is 0 Å². The molecule has 0 aromatic heterocycles. The quantitative estimate of drug-likeness (QED) is 0.138. The van der Waals surface area contributed by atoms with Crippen LogP contribution in [0.2, 0.25) is 0 Å². The van der Waals surface area contributed by atoms with Crippen molar-refractivity contribution < 1.29 is 4.74 Å². The van der Waals surface area contributed by atoms with Gasteiger partial charge in [-0.3, -0.25) is 0 Å². The Morgan fingerprint density at radius 1 is 0.187 bits per heavy atom. The van der Waals surface area contributed by atoms with Gasteiger partial charge in [0.15, 0.2) is 0 Å². The molecular weight excluding hydrogens is 1100 g/mol. The van der Waals surface area contributed by atoms with E-state index in [4.69, 9.17) is 4.74 Å². The van der Waals surface area contributed by atoms with E-state index in [-0.39, 0.29) is 0 Å². The highest BCUT2D eigenvalue weighted by molar-refractivity contribution is 6.07. The van der Waals surface area contributed by atoms with Gasteiger partial charge in [-0.25, -0.2) is 0 Å². The van der Waals surface area contributed by atoms with Crippen LogP contribution in [0.15, 0.2) is 206 Å². The molecule has 1 aliphatic heterocycles. The van der Waals surface area contributed by atoms with Gasteiger partial charge >= 0.3 is 0 Å². The average Bonchev–Trinajstić information content (AvgIpc) is 1.80. The van der Waals surface area contributed by atoms with Crippen molar-refractivity contribution in [2.24, 2.45) is 43.3 Å². The lowest BCUT2D eigenvalue weighted by Crippen LogP contribution is -2.01. The molecule has 1 nitrogen and oxygen atoms in total. The largest absolute Gasteiger partial charge is 0.457 e. The zero-order chi connectivity index (χ0) is 70.2. The summed E-state index contributed by atoms with van der Waals surface area (Å²) in [7, 11) is 0. The van der Waals surface area contributed by atoms with Crippen LogP contribution in [-0.4, -0.2) is 0 Å². The SMILES string of the molecule is CC(C)(C)C.CC(C)(C)C.CC(C)(C)C.CC(C)(C)C.CC(C)(C)C.CC(C)(C)C.CC(C)(C)C.CC(C)(C)C.c1ccc2c(c1)Cc1ccccc1-2.c1ccc2c(c1)Cc1ccccc1O2.c1ccc2c(c1)ccc1ccccc12.c1ccc2ccccc2c1. The van der Waals surface area contributed by atoms with Crippen molar-refractivity contribution in [2.75, 3.05) is 0 Å². The van der Waals surface area contributed by atoms with E-state index in [1.807, 2.05) is 24.3 Å². The molecule has 0 saturated carbocycles. The normalized spacial score (nSPS) is 11.7. The molecule has 500 valence electrons. The maximum Gasteiger partial charge on any atom is 0.130 e. The van der Waals surface area contributed by atoms with Crippen LogP contribution in [0.25, 0.3) is 43.4 Å². The van der Waals surface area contributed by atoms with E-state index in [2.05, 4.69) is 404 Å². The van der Waals surface area contributed by atoms with Gasteiger partial charge in [-0.15, -0.1) is 0 Å². The van der Waals surface area contributed by atoms with Crippen LogP contribution in [0, 0.1) is 43.3 Å². The van der Waals surface area contributed by atoms with Gasteiger partial charge in [-0.2, -0.15) is 0 Å². The lowest BCUT2D eigenvalue weighted by molar-refractivity contribution is 0.460. The molecule has 9 aromatic carbocycles. The average molecular weight is 1230 g/mol. The van der Waals surface area contributed by atoms with Crippen LogP contribution >= 0.6 is 0 Å². The summed E-state index contributed by atoms with van der Waals surface area (Å²) in [5, 5.41) is 7.92. The minimum absolute atomic E-state index is 0.500. The Kier molecular flexibility index (Phi) is 36.4. The molecule has 0 spiro atoms.